The van der Waals surface area contributed by atoms with Crippen molar-refractivity contribution in [2.75, 3.05) is 0 Å². The standard InChI is InChI=1S/C33H24BrN3O3/c34-32-22-19-23(33(40,21-13-5-2-6-14-21)25-16-8-10-18-36-25)28(29(32)30(38)37-31(32)39)27(22)26(20-11-3-1-4-12-20)24-15-7-9-17-35-24/h1-19,22,28-29,40H,(H,37,38,39)/b27-26+. The molecule has 1 saturated heterocycles. The fourth-order valence-electron chi connectivity index (χ4n) is 6.74. The molecule has 4 aromatic rings. The van der Waals surface area contributed by atoms with Crippen LogP contribution >= 0.6 is 15.9 Å². The van der Waals surface area contributed by atoms with Gasteiger partial charge in [-0.15, -0.1) is 0 Å². The Bertz CT molecular complexity index is 1610. The molecule has 2 aliphatic carbocycles. The molecule has 2 aromatic carbocycles. The third kappa shape index (κ3) is 3.37. The molecular weight excluding hydrogens is 566 g/mol. The van der Waals surface area contributed by atoms with E-state index >= 15 is 0 Å². The van der Waals surface area contributed by atoms with Crippen molar-refractivity contribution in [2.45, 2.75) is 9.93 Å². The number of fused-ring (bicyclic) bond motifs is 5. The highest BCUT2D eigenvalue weighted by atomic mass is 79.9. The van der Waals surface area contributed by atoms with Crippen LogP contribution in [-0.4, -0.2) is 31.2 Å². The number of rotatable bonds is 5. The third-order valence-corrected chi connectivity index (χ3v) is 9.72. The van der Waals surface area contributed by atoms with Crippen molar-refractivity contribution in [3.8, 4) is 0 Å². The lowest BCUT2D eigenvalue weighted by atomic mass is 9.71. The molecule has 2 bridgehead atoms. The second-order valence-electron chi connectivity index (χ2n) is 10.3. The van der Waals surface area contributed by atoms with Crippen molar-refractivity contribution in [2.24, 2.45) is 17.8 Å². The van der Waals surface area contributed by atoms with Crippen molar-refractivity contribution in [3.05, 3.63) is 149 Å². The van der Waals surface area contributed by atoms with Crippen LogP contribution < -0.4 is 5.32 Å². The molecule has 0 radical (unpaired) electrons. The Labute approximate surface area is 239 Å². The van der Waals surface area contributed by atoms with Crippen LogP contribution in [0.4, 0.5) is 0 Å². The lowest BCUT2D eigenvalue weighted by molar-refractivity contribution is -0.126. The van der Waals surface area contributed by atoms with Gasteiger partial charge < -0.3 is 5.11 Å². The zero-order valence-corrected chi connectivity index (χ0v) is 22.8. The van der Waals surface area contributed by atoms with E-state index < -0.39 is 27.7 Å². The van der Waals surface area contributed by atoms with E-state index in [4.69, 9.17) is 4.98 Å². The smallest absolute Gasteiger partial charge is 0.245 e. The second-order valence-corrected chi connectivity index (χ2v) is 11.7. The van der Waals surface area contributed by atoms with Gasteiger partial charge in [-0.1, -0.05) is 94.8 Å². The number of aromatic nitrogens is 2. The van der Waals surface area contributed by atoms with Gasteiger partial charge in [0.15, 0.2) is 5.60 Å². The molecule has 2 amide bonds. The van der Waals surface area contributed by atoms with Gasteiger partial charge in [0.1, 0.15) is 4.32 Å². The molecule has 1 saturated carbocycles. The topological polar surface area (TPSA) is 92.2 Å². The molecule has 5 unspecified atom stereocenters. The Morgan fingerprint density at radius 2 is 1.50 bits per heavy atom. The average molecular weight is 590 g/mol. The number of nitrogens with one attached hydrogen (secondary N) is 1. The summed E-state index contributed by atoms with van der Waals surface area (Å²) in [5, 5.41) is 15.3. The highest BCUT2D eigenvalue weighted by Crippen LogP contribution is 2.67. The maximum absolute atomic E-state index is 13.5. The van der Waals surface area contributed by atoms with Gasteiger partial charge >= 0.3 is 0 Å². The number of amides is 2. The maximum atomic E-state index is 13.5. The summed E-state index contributed by atoms with van der Waals surface area (Å²) < 4.78 is -1.18. The Kier molecular flexibility index (Phi) is 5.70. The van der Waals surface area contributed by atoms with E-state index in [1.165, 1.54) is 0 Å². The number of pyridine rings is 2. The van der Waals surface area contributed by atoms with E-state index in [0.29, 0.717) is 16.8 Å². The zero-order valence-electron chi connectivity index (χ0n) is 21.2. The van der Waals surface area contributed by atoms with Gasteiger partial charge in [0.2, 0.25) is 11.8 Å². The number of imide groups is 1. The molecule has 196 valence electrons. The van der Waals surface area contributed by atoms with Gasteiger partial charge in [-0.05, 0) is 46.5 Å². The van der Waals surface area contributed by atoms with E-state index in [0.717, 1.165) is 22.4 Å². The van der Waals surface area contributed by atoms with Crippen molar-refractivity contribution >= 4 is 33.3 Å². The van der Waals surface area contributed by atoms with Crippen LogP contribution in [0.15, 0.2) is 127 Å². The van der Waals surface area contributed by atoms with Crippen molar-refractivity contribution in [1.82, 2.24) is 15.3 Å². The summed E-state index contributed by atoms with van der Waals surface area (Å²) in [4.78, 5) is 36.2. The molecule has 40 heavy (non-hydrogen) atoms. The molecule has 7 heteroatoms. The largest absolute Gasteiger partial charge is 0.375 e. The molecule has 3 heterocycles. The summed E-state index contributed by atoms with van der Waals surface area (Å²) in [5.74, 6) is -2.60. The van der Waals surface area contributed by atoms with Gasteiger partial charge in [-0.3, -0.25) is 24.9 Å². The number of allylic oxidation sites excluding steroid dienone is 2. The first-order valence-corrected chi connectivity index (χ1v) is 13.9. The number of halogens is 1. The average Bonchev–Trinajstić information content (AvgIpc) is 3.58. The molecule has 0 spiro atoms. The van der Waals surface area contributed by atoms with Crippen molar-refractivity contribution in [1.29, 1.82) is 0 Å². The Morgan fingerprint density at radius 3 is 2.15 bits per heavy atom. The normalized spacial score (nSPS) is 27.6. The van der Waals surface area contributed by atoms with E-state index in [1.54, 1.807) is 24.5 Å². The van der Waals surface area contributed by atoms with Crippen LogP contribution in [0.1, 0.15) is 22.5 Å². The summed E-state index contributed by atoms with van der Waals surface area (Å²) >= 11 is 3.77. The molecule has 3 aliphatic rings. The minimum atomic E-state index is -1.64. The first kappa shape index (κ1) is 24.8. The monoisotopic (exact) mass is 589 g/mol. The number of carbonyl (C=O) groups is 2. The van der Waals surface area contributed by atoms with Gasteiger partial charge in [0, 0.05) is 29.8 Å². The van der Waals surface area contributed by atoms with E-state index in [2.05, 4.69) is 26.2 Å². The lowest BCUT2D eigenvalue weighted by Gasteiger charge is -2.37. The number of carbonyl (C=O) groups excluding carboxylic acids is 2. The fraction of sp³-hybridized carbons (Fsp3) is 0.152. The Morgan fingerprint density at radius 1 is 0.850 bits per heavy atom. The van der Waals surface area contributed by atoms with Crippen LogP contribution in [0.25, 0.3) is 5.57 Å². The number of hydrogen-bond donors (Lipinski definition) is 2. The van der Waals surface area contributed by atoms with Gasteiger partial charge in [0.05, 0.1) is 17.3 Å². The van der Waals surface area contributed by atoms with Crippen LogP contribution in [0, 0.1) is 17.8 Å². The van der Waals surface area contributed by atoms with Crippen LogP contribution in [0.5, 0.6) is 0 Å². The zero-order chi connectivity index (χ0) is 27.5. The number of alkyl halides is 1. The van der Waals surface area contributed by atoms with Crippen LogP contribution in [0.2, 0.25) is 0 Å². The minimum absolute atomic E-state index is 0.359. The molecule has 5 atom stereocenters. The summed E-state index contributed by atoms with van der Waals surface area (Å²) in [5.41, 5.74) is 3.47. The number of nitrogens with zero attached hydrogens (tertiary/aromatic N) is 2. The minimum Gasteiger partial charge on any atom is -0.375 e. The SMILES string of the molecule is O=C1NC(=O)C2(Br)C3C=C(C(O)(c4ccccc4)c4ccccn4)C(/C3=C(\c3ccccc3)c3ccccn3)C12. The second kappa shape index (κ2) is 9.18. The van der Waals surface area contributed by atoms with Crippen molar-refractivity contribution < 1.29 is 14.7 Å². The lowest BCUT2D eigenvalue weighted by Crippen LogP contribution is -2.44. The van der Waals surface area contributed by atoms with Gasteiger partial charge in [-0.25, -0.2) is 0 Å². The van der Waals surface area contributed by atoms with E-state index in [1.807, 2.05) is 91.0 Å². The van der Waals surface area contributed by atoms with Gasteiger partial charge in [0.25, 0.3) is 0 Å². The highest BCUT2D eigenvalue weighted by Gasteiger charge is 2.72. The molecule has 2 aromatic heterocycles. The molecule has 1 aliphatic heterocycles. The number of benzene rings is 2. The number of hydrogen-bond acceptors (Lipinski definition) is 5. The summed E-state index contributed by atoms with van der Waals surface area (Å²) in [6.45, 7) is 0. The summed E-state index contributed by atoms with van der Waals surface area (Å²) in [6.07, 6.45) is 5.36. The number of aliphatic hydroxyl groups is 1. The summed E-state index contributed by atoms with van der Waals surface area (Å²) in [7, 11) is 0. The molecule has 2 fully saturated rings. The summed E-state index contributed by atoms with van der Waals surface area (Å²) in [6, 6.07) is 30.4. The first-order valence-electron chi connectivity index (χ1n) is 13.1. The molecule has 7 rings (SSSR count). The molecule has 6 nitrogen and oxygen atoms in total. The van der Waals surface area contributed by atoms with E-state index in [9.17, 15) is 14.7 Å². The van der Waals surface area contributed by atoms with Crippen LogP contribution in [-0.2, 0) is 15.2 Å². The third-order valence-electron chi connectivity index (χ3n) is 8.37. The predicted molar refractivity (Wildman–Crippen MR) is 154 cm³/mol. The van der Waals surface area contributed by atoms with Gasteiger partial charge in [-0.2, -0.15) is 0 Å². The maximum Gasteiger partial charge on any atom is 0.245 e. The fourth-order valence-corrected chi connectivity index (χ4v) is 7.69. The highest BCUT2D eigenvalue weighted by molar-refractivity contribution is 9.10. The first-order chi connectivity index (χ1) is 19.5. The molecule has 2 N–H and O–H groups in total. The quantitative estimate of drug-likeness (QED) is 0.198. The van der Waals surface area contributed by atoms with Crippen LogP contribution in [0.3, 0.4) is 0 Å². The van der Waals surface area contributed by atoms with E-state index in [-0.39, 0.29) is 11.8 Å². The Balaban J connectivity index is 1.55. The Hall–Kier alpha value is -4.20. The predicted octanol–water partition coefficient (Wildman–Crippen LogP) is 4.81. The van der Waals surface area contributed by atoms with Crippen molar-refractivity contribution in [3.63, 3.8) is 0 Å². The molecular formula is C33H24BrN3O3.